The van der Waals surface area contributed by atoms with Gasteiger partial charge in [0.1, 0.15) is 6.04 Å². The van der Waals surface area contributed by atoms with Gasteiger partial charge in [-0.25, -0.2) is 0 Å². The molecule has 0 radical (unpaired) electrons. The molecule has 0 fully saturated rings. The first-order valence-corrected chi connectivity index (χ1v) is 5.22. The minimum atomic E-state index is -0.763. The van der Waals surface area contributed by atoms with Crippen molar-refractivity contribution in [2.24, 2.45) is 11.5 Å². The lowest BCUT2D eigenvalue weighted by Crippen LogP contribution is -2.40. The number of carbonyl (C=O) groups excluding carboxylic acids is 1. The minimum Gasteiger partial charge on any atom is -0.368 e. The summed E-state index contributed by atoms with van der Waals surface area (Å²) in [5.41, 5.74) is 11.4. The molecule has 0 saturated carbocycles. The average molecular weight is 231 g/mol. The Morgan fingerprint density at radius 2 is 2.00 bits per heavy atom. The van der Waals surface area contributed by atoms with Crippen LogP contribution in [-0.2, 0) is 11.3 Å². The summed E-state index contributed by atoms with van der Waals surface area (Å²) < 4.78 is 1.76. The van der Waals surface area contributed by atoms with Gasteiger partial charge in [-0.15, -0.1) is 0 Å². The third-order valence-corrected chi connectivity index (χ3v) is 2.64. The molecule has 1 aromatic heterocycles. The first-order valence-electron chi connectivity index (χ1n) is 5.22. The lowest BCUT2D eigenvalue weighted by atomic mass is 10.2. The molecular weight excluding hydrogens is 218 g/mol. The van der Waals surface area contributed by atoms with Gasteiger partial charge in [-0.3, -0.25) is 9.59 Å². The van der Waals surface area contributed by atoms with Crippen LogP contribution in [0.2, 0.25) is 0 Å². The van der Waals surface area contributed by atoms with E-state index < -0.39 is 11.9 Å². The van der Waals surface area contributed by atoms with Crippen molar-refractivity contribution in [3.05, 3.63) is 46.8 Å². The highest BCUT2D eigenvalue weighted by Gasteiger charge is 2.11. The molecule has 0 spiro atoms. The summed E-state index contributed by atoms with van der Waals surface area (Å²) in [4.78, 5) is 22.5. The fourth-order valence-electron chi connectivity index (χ4n) is 1.72. The highest BCUT2D eigenvalue weighted by Crippen LogP contribution is 2.09. The van der Waals surface area contributed by atoms with Crippen molar-refractivity contribution >= 4 is 16.8 Å². The SMILES string of the molecule is NC(=O)C(N)Cn1ccc(=O)c2ccccc21. The van der Waals surface area contributed by atoms with Crippen LogP contribution in [0.4, 0.5) is 0 Å². The zero-order valence-electron chi connectivity index (χ0n) is 9.17. The highest BCUT2D eigenvalue weighted by molar-refractivity contribution is 5.81. The Balaban J connectivity index is 2.52. The van der Waals surface area contributed by atoms with Crippen molar-refractivity contribution < 1.29 is 4.79 Å². The van der Waals surface area contributed by atoms with Gasteiger partial charge in [0.2, 0.25) is 5.91 Å². The molecule has 2 aromatic rings. The molecular formula is C12H13N3O2. The molecule has 0 saturated heterocycles. The third-order valence-electron chi connectivity index (χ3n) is 2.64. The number of carbonyl (C=O) groups is 1. The van der Waals surface area contributed by atoms with Crippen LogP contribution in [0.5, 0.6) is 0 Å². The molecule has 88 valence electrons. The Morgan fingerprint density at radius 3 is 2.71 bits per heavy atom. The van der Waals surface area contributed by atoms with E-state index in [0.717, 1.165) is 5.52 Å². The van der Waals surface area contributed by atoms with Crippen LogP contribution in [0.3, 0.4) is 0 Å². The van der Waals surface area contributed by atoms with E-state index in [2.05, 4.69) is 0 Å². The van der Waals surface area contributed by atoms with Crippen molar-refractivity contribution in [1.29, 1.82) is 0 Å². The lowest BCUT2D eigenvalue weighted by Gasteiger charge is -2.13. The fraction of sp³-hybridized carbons (Fsp3) is 0.167. The van der Waals surface area contributed by atoms with Crippen LogP contribution in [0, 0.1) is 0 Å². The number of hydrogen-bond acceptors (Lipinski definition) is 3. The van der Waals surface area contributed by atoms with Gasteiger partial charge in [0.15, 0.2) is 5.43 Å². The van der Waals surface area contributed by atoms with Gasteiger partial charge in [0.05, 0.1) is 5.52 Å². The Bertz CT molecular complexity index is 618. The van der Waals surface area contributed by atoms with E-state index in [1.807, 2.05) is 12.1 Å². The number of hydrogen-bond donors (Lipinski definition) is 2. The van der Waals surface area contributed by atoms with Crippen LogP contribution >= 0.6 is 0 Å². The average Bonchev–Trinajstić information content (AvgIpc) is 2.33. The minimum absolute atomic E-state index is 0.0514. The van der Waals surface area contributed by atoms with E-state index in [9.17, 15) is 9.59 Å². The topological polar surface area (TPSA) is 91.1 Å². The number of amides is 1. The van der Waals surface area contributed by atoms with Crippen LogP contribution in [0.1, 0.15) is 0 Å². The molecule has 2 rings (SSSR count). The smallest absolute Gasteiger partial charge is 0.236 e. The Morgan fingerprint density at radius 1 is 1.29 bits per heavy atom. The number of rotatable bonds is 3. The Labute approximate surface area is 97.6 Å². The van der Waals surface area contributed by atoms with Gasteiger partial charge >= 0.3 is 0 Å². The second-order valence-corrected chi connectivity index (χ2v) is 3.86. The number of pyridine rings is 1. The highest BCUT2D eigenvalue weighted by atomic mass is 16.1. The summed E-state index contributed by atoms with van der Waals surface area (Å²) in [7, 11) is 0. The normalized spacial score (nSPS) is 12.5. The second kappa shape index (κ2) is 4.39. The van der Waals surface area contributed by atoms with E-state index in [-0.39, 0.29) is 12.0 Å². The summed E-state index contributed by atoms with van der Waals surface area (Å²) >= 11 is 0. The molecule has 5 nitrogen and oxygen atoms in total. The number of benzene rings is 1. The van der Waals surface area contributed by atoms with E-state index in [4.69, 9.17) is 11.5 Å². The van der Waals surface area contributed by atoms with Gasteiger partial charge < -0.3 is 16.0 Å². The number of aromatic nitrogens is 1. The Hall–Kier alpha value is -2.14. The quantitative estimate of drug-likeness (QED) is 0.767. The van der Waals surface area contributed by atoms with Gasteiger partial charge in [-0.2, -0.15) is 0 Å². The molecule has 1 amide bonds. The van der Waals surface area contributed by atoms with Gasteiger partial charge in [0, 0.05) is 24.2 Å². The maximum absolute atomic E-state index is 11.6. The van der Waals surface area contributed by atoms with Gasteiger partial charge in [-0.05, 0) is 12.1 Å². The zero-order chi connectivity index (χ0) is 12.4. The van der Waals surface area contributed by atoms with Crippen LogP contribution in [0.25, 0.3) is 10.9 Å². The number of fused-ring (bicyclic) bond motifs is 1. The van der Waals surface area contributed by atoms with Crippen molar-refractivity contribution in [2.45, 2.75) is 12.6 Å². The van der Waals surface area contributed by atoms with Crippen LogP contribution in [-0.4, -0.2) is 16.5 Å². The molecule has 0 bridgehead atoms. The molecule has 0 aliphatic heterocycles. The van der Waals surface area contributed by atoms with Crippen LogP contribution in [0.15, 0.2) is 41.3 Å². The molecule has 1 atom stereocenters. The van der Waals surface area contributed by atoms with E-state index in [1.165, 1.54) is 6.07 Å². The lowest BCUT2D eigenvalue weighted by molar-refractivity contribution is -0.119. The third kappa shape index (κ3) is 2.19. The van der Waals surface area contributed by atoms with Crippen molar-refractivity contribution in [3.63, 3.8) is 0 Å². The number of nitrogens with two attached hydrogens (primary N) is 2. The van der Waals surface area contributed by atoms with Crippen molar-refractivity contribution in [2.75, 3.05) is 0 Å². The van der Waals surface area contributed by atoms with Crippen molar-refractivity contribution in [1.82, 2.24) is 4.57 Å². The monoisotopic (exact) mass is 231 g/mol. The molecule has 0 aliphatic carbocycles. The first kappa shape index (κ1) is 11.3. The Kier molecular flexibility index (Phi) is 2.93. The fourth-order valence-corrected chi connectivity index (χ4v) is 1.72. The molecule has 17 heavy (non-hydrogen) atoms. The summed E-state index contributed by atoms with van der Waals surface area (Å²) in [6.45, 7) is 0.260. The molecule has 0 aliphatic rings. The summed E-state index contributed by atoms with van der Waals surface area (Å²) in [6.07, 6.45) is 1.62. The largest absolute Gasteiger partial charge is 0.368 e. The standard InChI is InChI=1S/C12H13N3O2/c13-9(12(14)17)7-15-6-5-11(16)8-3-1-2-4-10(8)15/h1-6,9H,7,13H2,(H2,14,17). The van der Waals surface area contributed by atoms with E-state index in [0.29, 0.717) is 5.39 Å². The zero-order valence-corrected chi connectivity index (χ0v) is 9.17. The summed E-state index contributed by atoms with van der Waals surface area (Å²) in [6, 6.07) is 7.86. The van der Waals surface area contributed by atoms with E-state index >= 15 is 0 Å². The predicted molar refractivity (Wildman–Crippen MR) is 65.4 cm³/mol. The number of primary amides is 1. The molecule has 1 aromatic carbocycles. The van der Waals surface area contributed by atoms with Gasteiger partial charge in [0.25, 0.3) is 0 Å². The van der Waals surface area contributed by atoms with Crippen LogP contribution < -0.4 is 16.9 Å². The van der Waals surface area contributed by atoms with E-state index in [1.54, 1.807) is 22.9 Å². The molecule has 1 heterocycles. The summed E-state index contributed by atoms with van der Waals surface area (Å²) in [5.74, 6) is -0.562. The van der Waals surface area contributed by atoms with Gasteiger partial charge in [-0.1, -0.05) is 12.1 Å². The first-order chi connectivity index (χ1) is 8.09. The molecule has 5 heteroatoms. The predicted octanol–water partition coefficient (Wildman–Crippen LogP) is -0.186. The number of nitrogens with zero attached hydrogens (tertiary/aromatic N) is 1. The van der Waals surface area contributed by atoms with Crippen molar-refractivity contribution in [3.8, 4) is 0 Å². The summed E-state index contributed by atoms with van der Waals surface area (Å²) in [5, 5.41) is 0.603. The maximum atomic E-state index is 11.6. The molecule has 4 N–H and O–H groups in total. The molecule has 1 unspecified atom stereocenters. The maximum Gasteiger partial charge on any atom is 0.236 e. The number of para-hydroxylation sites is 1. The second-order valence-electron chi connectivity index (χ2n) is 3.86.